The van der Waals surface area contributed by atoms with Crippen molar-refractivity contribution in [3.8, 4) is 0 Å². The van der Waals surface area contributed by atoms with Crippen molar-refractivity contribution in [2.45, 2.75) is 6.42 Å². The zero-order valence-electron chi connectivity index (χ0n) is 11.5. The zero-order chi connectivity index (χ0) is 15.2. The lowest BCUT2D eigenvalue weighted by Crippen LogP contribution is -2.19. The fraction of sp³-hybridized carbons (Fsp3) is 0.125. The molecule has 0 radical (unpaired) electrons. The van der Waals surface area contributed by atoms with Gasteiger partial charge in [0, 0.05) is 21.9 Å². The molecule has 21 heavy (non-hydrogen) atoms. The Hall–Kier alpha value is -1.89. The summed E-state index contributed by atoms with van der Waals surface area (Å²) in [4.78, 5) is 23.4. The first-order valence-corrected chi connectivity index (χ1v) is 7.53. The van der Waals surface area contributed by atoms with Crippen LogP contribution in [0, 0.1) is 3.57 Å². The number of amides is 2. The van der Waals surface area contributed by atoms with Gasteiger partial charge >= 0.3 is 0 Å². The number of halogens is 1. The van der Waals surface area contributed by atoms with Crippen LogP contribution >= 0.6 is 22.6 Å². The number of carbonyl (C=O) groups is 2. The summed E-state index contributed by atoms with van der Waals surface area (Å²) in [6.07, 6.45) is 0.335. The minimum atomic E-state index is -0.146. The third-order valence-electron chi connectivity index (χ3n) is 2.94. The molecule has 108 valence electrons. The smallest absolute Gasteiger partial charge is 0.255 e. The second kappa shape index (κ2) is 7.21. The van der Waals surface area contributed by atoms with E-state index in [4.69, 9.17) is 0 Å². The van der Waals surface area contributed by atoms with Crippen LogP contribution in [0.3, 0.4) is 0 Å². The number of carbonyl (C=O) groups excluding carboxylic acids is 2. The molecule has 2 N–H and O–H groups in total. The van der Waals surface area contributed by atoms with Gasteiger partial charge in [-0.3, -0.25) is 9.59 Å². The van der Waals surface area contributed by atoms with Crippen LogP contribution in [0.1, 0.15) is 15.9 Å². The molecule has 0 saturated carbocycles. The van der Waals surface area contributed by atoms with Crippen molar-refractivity contribution < 1.29 is 9.59 Å². The SMILES string of the molecule is CNC(=O)Cc1ccc(NC(=O)c2cccc(I)c2)cc1. The Bertz CT molecular complexity index is 654. The molecule has 0 spiro atoms. The van der Waals surface area contributed by atoms with Crippen molar-refractivity contribution in [1.29, 1.82) is 0 Å². The Morgan fingerprint density at radius 2 is 1.81 bits per heavy atom. The number of hydrogen-bond acceptors (Lipinski definition) is 2. The maximum atomic E-state index is 12.1. The van der Waals surface area contributed by atoms with E-state index in [2.05, 4.69) is 33.2 Å². The summed E-state index contributed by atoms with van der Waals surface area (Å²) in [5.41, 5.74) is 2.23. The average Bonchev–Trinajstić information content (AvgIpc) is 2.49. The minimum absolute atomic E-state index is 0.0364. The summed E-state index contributed by atoms with van der Waals surface area (Å²) in [7, 11) is 1.61. The molecular formula is C16H15IN2O2. The van der Waals surface area contributed by atoms with E-state index in [1.165, 1.54) is 0 Å². The zero-order valence-corrected chi connectivity index (χ0v) is 13.7. The summed E-state index contributed by atoms with van der Waals surface area (Å²) < 4.78 is 1.01. The van der Waals surface area contributed by atoms with E-state index in [9.17, 15) is 9.59 Å². The number of anilines is 1. The van der Waals surface area contributed by atoms with Crippen molar-refractivity contribution in [2.75, 3.05) is 12.4 Å². The average molecular weight is 394 g/mol. The van der Waals surface area contributed by atoms with Crippen LogP contribution < -0.4 is 10.6 Å². The topological polar surface area (TPSA) is 58.2 Å². The number of likely N-dealkylation sites (N-methyl/N-ethyl adjacent to an activating group) is 1. The first kappa shape index (κ1) is 15.5. The fourth-order valence-electron chi connectivity index (χ4n) is 1.81. The monoisotopic (exact) mass is 394 g/mol. The summed E-state index contributed by atoms with van der Waals surface area (Å²) in [6, 6.07) is 14.6. The number of nitrogens with one attached hydrogen (secondary N) is 2. The Morgan fingerprint density at radius 1 is 1.10 bits per heavy atom. The molecule has 2 aromatic rings. The van der Waals surface area contributed by atoms with E-state index in [0.717, 1.165) is 9.13 Å². The lowest BCUT2D eigenvalue weighted by atomic mass is 10.1. The van der Waals surface area contributed by atoms with Gasteiger partial charge in [0.05, 0.1) is 6.42 Å². The molecule has 0 unspecified atom stereocenters. The van der Waals surface area contributed by atoms with Crippen molar-refractivity contribution in [2.24, 2.45) is 0 Å². The Balaban J connectivity index is 2.03. The summed E-state index contributed by atoms with van der Waals surface area (Å²) >= 11 is 2.17. The fourth-order valence-corrected chi connectivity index (χ4v) is 2.36. The molecule has 0 saturated heterocycles. The minimum Gasteiger partial charge on any atom is -0.359 e. The molecule has 0 heterocycles. The highest BCUT2D eigenvalue weighted by molar-refractivity contribution is 14.1. The second-order valence-electron chi connectivity index (χ2n) is 4.51. The molecule has 2 rings (SSSR count). The predicted molar refractivity (Wildman–Crippen MR) is 91.3 cm³/mol. The second-order valence-corrected chi connectivity index (χ2v) is 5.76. The largest absolute Gasteiger partial charge is 0.359 e. The van der Waals surface area contributed by atoms with Gasteiger partial charge in [0.1, 0.15) is 0 Å². The molecule has 0 aliphatic carbocycles. The first-order chi connectivity index (χ1) is 10.1. The van der Waals surface area contributed by atoms with Crippen molar-refractivity contribution in [3.63, 3.8) is 0 Å². The van der Waals surface area contributed by atoms with Crippen molar-refractivity contribution in [1.82, 2.24) is 5.32 Å². The summed E-state index contributed by atoms with van der Waals surface area (Å²) in [6.45, 7) is 0. The van der Waals surface area contributed by atoms with Gasteiger partial charge < -0.3 is 10.6 Å². The van der Waals surface area contributed by atoms with E-state index >= 15 is 0 Å². The predicted octanol–water partition coefficient (Wildman–Crippen LogP) is 2.83. The van der Waals surface area contributed by atoms with E-state index in [1.807, 2.05) is 30.3 Å². The molecule has 5 heteroatoms. The van der Waals surface area contributed by atoms with Crippen LogP contribution in [0.5, 0.6) is 0 Å². The number of rotatable bonds is 4. The molecule has 0 bridgehead atoms. The number of hydrogen-bond donors (Lipinski definition) is 2. The van der Waals surface area contributed by atoms with E-state index in [-0.39, 0.29) is 11.8 Å². The van der Waals surface area contributed by atoms with Crippen LogP contribution in [0.25, 0.3) is 0 Å². The van der Waals surface area contributed by atoms with Crippen LogP contribution in [-0.4, -0.2) is 18.9 Å². The molecule has 0 fully saturated rings. The Kier molecular flexibility index (Phi) is 5.32. The maximum Gasteiger partial charge on any atom is 0.255 e. The van der Waals surface area contributed by atoms with Gasteiger partial charge in [-0.25, -0.2) is 0 Å². The van der Waals surface area contributed by atoms with Crippen LogP contribution in [0.15, 0.2) is 48.5 Å². The first-order valence-electron chi connectivity index (χ1n) is 6.45. The third-order valence-corrected chi connectivity index (χ3v) is 3.61. The van der Waals surface area contributed by atoms with Crippen LogP contribution in [-0.2, 0) is 11.2 Å². The van der Waals surface area contributed by atoms with Gasteiger partial charge in [-0.15, -0.1) is 0 Å². The highest BCUT2D eigenvalue weighted by Crippen LogP contribution is 2.13. The molecule has 2 amide bonds. The summed E-state index contributed by atoms with van der Waals surface area (Å²) in [5.74, 6) is -0.182. The van der Waals surface area contributed by atoms with Crippen LogP contribution in [0.4, 0.5) is 5.69 Å². The molecule has 0 aromatic heterocycles. The third kappa shape index (κ3) is 4.56. The lowest BCUT2D eigenvalue weighted by molar-refractivity contribution is -0.119. The van der Waals surface area contributed by atoms with Crippen molar-refractivity contribution in [3.05, 3.63) is 63.2 Å². The van der Waals surface area contributed by atoms with E-state index in [0.29, 0.717) is 17.7 Å². The maximum absolute atomic E-state index is 12.1. The Morgan fingerprint density at radius 3 is 2.43 bits per heavy atom. The molecule has 0 aliphatic heterocycles. The Labute approximate surface area is 137 Å². The summed E-state index contributed by atoms with van der Waals surface area (Å²) in [5, 5.41) is 5.41. The highest BCUT2D eigenvalue weighted by atomic mass is 127. The van der Waals surface area contributed by atoms with E-state index < -0.39 is 0 Å². The van der Waals surface area contributed by atoms with Crippen molar-refractivity contribution >= 4 is 40.1 Å². The lowest BCUT2D eigenvalue weighted by Gasteiger charge is -2.07. The number of benzene rings is 2. The standard InChI is InChI=1S/C16H15IN2O2/c1-18-15(20)9-11-5-7-14(8-6-11)19-16(21)12-3-2-4-13(17)10-12/h2-8,10H,9H2,1H3,(H,18,20)(H,19,21). The molecular weight excluding hydrogens is 379 g/mol. The van der Waals surface area contributed by atoms with Gasteiger partial charge in [-0.2, -0.15) is 0 Å². The van der Waals surface area contributed by atoms with Gasteiger partial charge in [0.25, 0.3) is 5.91 Å². The quantitative estimate of drug-likeness (QED) is 0.784. The van der Waals surface area contributed by atoms with Crippen LogP contribution in [0.2, 0.25) is 0 Å². The van der Waals surface area contributed by atoms with Gasteiger partial charge in [0.2, 0.25) is 5.91 Å². The molecule has 0 aliphatic rings. The van der Waals surface area contributed by atoms with Gasteiger partial charge in [-0.05, 0) is 58.5 Å². The normalized spacial score (nSPS) is 10.0. The van der Waals surface area contributed by atoms with Gasteiger partial charge in [0.15, 0.2) is 0 Å². The molecule has 2 aromatic carbocycles. The van der Waals surface area contributed by atoms with Gasteiger partial charge in [-0.1, -0.05) is 18.2 Å². The van der Waals surface area contributed by atoms with E-state index in [1.54, 1.807) is 25.2 Å². The molecule has 4 nitrogen and oxygen atoms in total. The highest BCUT2D eigenvalue weighted by Gasteiger charge is 2.07. The molecule has 0 atom stereocenters.